The van der Waals surface area contributed by atoms with E-state index in [1.165, 1.54) is 12.3 Å². The number of para-hydroxylation sites is 1. The lowest BCUT2D eigenvalue weighted by Gasteiger charge is -2.19. The van der Waals surface area contributed by atoms with Crippen molar-refractivity contribution in [1.29, 1.82) is 0 Å². The molecule has 1 aromatic heterocycles. The van der Waals surface area contributed by atoms with Gasteiger partial charge in [0.1, 0.15) is 0 Å². The highest BCUT2D eigenvalue weighted by molar-refractivity contribution is 6.35. The second kappa shape index (κ2) is 6.16. The van der Waals surface area contributed by atoms with Crippen LogP contribution in [0.1, 0.15) is 29.8 Å². The van der Waals surface area contributed by atoms with Crippen LogP contribution in [0.2, 0.25) is 0 Å². The number of hydrogen-bond acceptors (Lipinski definition) is 3. The molecule has 1 amide bonds. The topological polar surface area (TPSA) is 50.3 Å². The molecule has 0 bridgehead atoms. The SMILES string of the molecule is CC(C)CN1C(=O)C(=CC(=O)c2cccnc2)c2ccccc21. The molecule has 1 aromatic carbocycles. The standard InChI is InChI=1S/C19H18N2O2/c1-13(2)12-21-17-8-4-3-7-15(17)16(19(21)23)10-18(22)14-6-5-9-20-11-14/h3-11,13H,12H2,1-2H3. The molecule has 116 valence electrons. The van der Waals surface area contributed by atoms with Gasteiger partial charge in [-0.05, 0) is 30.2 Å². The number of amides is 1. The fourth-order valence-corrected chi connectivity index (χ4v) is 2.72. The number of allylic oxidation sites excluding steroid dienone is 1. The smallest absolute Gasteiger partial charge is 0.259 e. The van der Waals surface area contributed by atoms with Gasteiger partial charge in [-0.15, -0.1) is 0 Å². The number of hydrogen-bond donors (Lipinski definition) is 0. The first-order chi connectivity index (χ1) is 11.1. The zero-order chi connectivity index (χ0) is 16.4. The molecule has 0 saturated heterocycles. The quantitative estimate of drug-likeness (QED) is 0.643. The van der Waals surface area contributed by atoms with Gasteiger partial charge in [0.25, 0.3) is 5.91 Å². The maximum atomic E-state index is 12.8. The van der Waals surface area contributed by atoms with Crippen LogP contribution in [-0.2, 0) is 4.79 Å². The maximum absolute atomic E-state index is 12.8. The minimum absolute atomic E-state index is 0.114. The van der Waals surface area contributed by atoms with Crippen molar-refractivity contribution in [3.63, 3.8) is 0 Å². The summed E-state index contributed by atoms with van der Waals surface area (Å²) >= 11 is 0. The molecule has 3 rings (SSSR count). The van der Waals surface area contributed by atoms with Crippen LogP contribution in [-0.4, -0.2) is 23.2 Å². The Bertz CT molecular complexity index is 779. The highest BCUT2D eigenvalue weighted by atomic mass is 16.2. The molecule has 23 heavy (non-hydrogen) atoms. The van der Waals surface area contributed by atoms with Gasteiger partial charge in [0, 0.05) is 30.1 Å². The van der Waals surface area contributed by atoms with Crippen molar-refractivity contribution >= 4 is 23.0 Å². The Labute approximate surface area is 135 Å². The lowest BCUT2D eigenvalue weighted by atomic mass is 10.0. The van der Waals surface area contributed by atoms with Gasteiger partial charge in [0.15, 0.2) is 5.78 Å². The molecule has 0 spiro atoms. The van der Waals surface area contributed by atoms with Crippen LogP contribution in [0.5, 0.6) is 0 Å². The van der Waals surface area contributed by atoms with Crippen LogP contribution in [0, 0.1) is 5.92 Å². The van der Waals surface area contributed by atoms with Crippen LogP contribution >= 0.6 is 0 Å². The van der Waals surface area contributed by atoms with Crippen molar-refractivity contribution in [2.75, 3.05) is 11.4 Å². The van der Waals surface area contributed by atoms with Gasteiger partial charge in [0.05, 0.1) is 11.3 Å². The van der Waals surface area contributed by atoms with Crippen LogP contribution in [0.15, 0.2) is 54.9 Å². The molecular formula is C19H18N2O2. The van der Waals surface area contributed by atoms with Crippen molar-refractivity contribution in [3.05, 3.63) is 66.0 Å². The number of carbonyl (C=O) groups is 2. The number of fused-ring (bicyclic) bond motifs is 1. The monoisotopic (exact) mass is 306 g/mol. The van der Waals surface area contributed by atoms with Crippen LogP contribution in [0.4, 0.5) is 5.69 Å². The normalized spacial score (nSPS) is 15.3. The zero-order valence-corrected chi connectivity index (χ0v) is 13.2. The van der Waals surface area contributed by atoms with E-state index in [1.807, 2.05) is 24.3 Å². The lowest BCUT2D eigenvalue weighted by molar-refractivity contribution is -0.113. The van der Waals surface area contributed by atoms with Crippen LogP contribution in [0.25, 0.3) is 5.57 Å². The Hall–Kier alpha value is -2.75. The first-order valence-electron chi connectivity index (χ1n) is 7.65. The Morgan fingerprint density at radius 2 is 2.00 bits per heavy atom. The third-order valence-corrected chi connectivity index (χ3v) is 3.73. The highest BCUT2D eigenvalue weighted by Crippen LogP contribution is 2.37. The van der Waals surface area contributed by atoms with Gasteiger partial charge in [-0.3, -0.25) is 14.6 Å². The van der Waals surface area contributed by atoms with Gasteiger partial charge < -0.3 is 4.90 Å². The second-order valence-electron chi connectivity index (χ2n) is 5.99. The van der Waals surface area contributed by atoms with Crippen molar-refractivity contribution in [2.24, 2.45) is 5.92 Å². The van der Waals surface area contributed by atoms with Crippen molar-refractivity contribution in [3.8, 4) is 0 Å². The fraction of sp³-hybridized carbons (Fsp3) is 0.211. The molecule has 1 aliphatic rings. The number of anilines is 1. The van der Waals surface area contributed by atoms with E-state index < -0.39 is 0 Å². The Morgan fingerprint density at radius 3 is 2.70 bits per heavy atom. The van der Waals surface area contributed by atoms with Crippen LogP contribution in [0.3, 0.4) is 0 Å². The molecule has 0 saturated carbocycles. The summed E-state index contributed by atoms with van der Waals surface area (Å²) < 4.78 is 0. The lowest BCUT2D eigenvalue weighted by Crippen LogP contribution is -2.30. The van der Waals surface area contributed by atoms with Crippen molar-refractivity contribution < 1.29 is 9.59 Å². The first kappa shape index (κ1) is 15.2. The molecule has 1 aliphatic heterocycles. The first-order valence-corrected chi connectivity index (χ1v) is 7.65. The van der Waals surface area contributed by atoms with E-state index in [-0.39, 0.29) is 11.7 Å². The number of rotatable bonds is 4. The Balaban J connectivity index is 2.01. The minimum atomic E-state index is -0.206. The Kier molecular flexibility index (Phi) is 4.06. The molecule has 0 atom stereocenters. The summed E-state index contributed by atoms with van der Waals surface area (Å²) in [4.78, 5) is 30.9. The summed E-state index contributed by atoms with van der Waals surface area (Å²) in [7, 11) is 0. The average Bonchev–Trinajstić information content (AvgIpc) is 2.81. The summed E-state index contributed by atoms with van der Waals surface area (Å²) in [5.74, 6) is 0.0279. The minimum Gasteiger partial charge on any atom is -0.307 e. The highest BCUT2D eigenvalue weighted by Gasteiger charge is 2.32. The van der Waals surface area contributed by atoms with E-state index in [4.69, 9.17) is 0 Å². The third kappa shape index (κ3) is 2.93. The van der Waals surface area contributed by atoms with E-state index >= 15 is 0 Å². The molecule has 0 radical (unpaired) electrons. The van der Waals surface area contributed by atoms with Gasteiger partial charge in [0.2, 0.25) is 0 Å². The van der Waals surface area contributed by atoms with E-state index in [0.717, 1.165) is 11.3 Å². The van der Waals surface area contributed by atoms with E-state index in [1.54, 1.807) is 23.2 Å². The second-order valence-corrected chi connectivity index (χ2v) is 5.99. The van der Waals surface area contributed by atoms with E-state index in [0.29, 0.717) is 23.6 Å². The van der Waals surface area contributed by atoms with Gasteiger partial charge in [-0.2, -0.15) is 0 Å². The number of aromatic nitrogens is 1. The molecule has 4 nitrogen and oxygen atoms in total. The number of nitrogens with zero attached hydrogens (tertiary/aromatic N) is 2. The molecule has 0 aliphatic carbocycles. The van der Waals surface area contributed by atoms with Crippen molar-refractivity contribution in [2.45, 2.75) is 13.8 Å². The average molecular weight is 306 g/mol. The molecule has 4 heteroatoms. The molecule has 2 heterocycles. The summed E-state index contributed by atoms with van der Waals surface area (Å²) in [6.07, 6.45) is 4.55. The molecule has 0 N–H and O–H groups in total. The zero-order valence-electron chi connectivity index (χ0n) is 13.2. The van der Waals surface area contributed by atoms with Gasteiger partial charge >= 0.3 is 0 Å². The van der Waals surface area contributed by atoms with E-state index in [9.17, 15) is 9.59 Å². The fourth-order valence-electron chi connectivity index (χ4n) is 2.72. The molecule has 0 fully saturated rings. The van der Waals surface area contributed by atoms with Crippen molar-refractivity contribution in [1.82, 2.24) is 4.98 Å². The molecule has 0 unspecified atom stereocenters. The predicted molar refractivity (Wildman–Crippen MR) is 90.2 cm³/mol. The summed E-state index contributed by atoms with van der Waals surface area (Å²) in [6.45, 7) is 4.77. The maximum Gasteiger partial charge on any atom is 0.259 e. The van der Waals surface area contributed by atoms with E-state index in [2.05, 4.69) is 18.8 Å². The largest absolute Gasteiger partial charge is 0.307 e. The third-order valence-electron chi connectivity index (χ3n) is 3.73. The summed E-state index contributed by atoms with van der Waals surface area (Å²) in [5, 5.41) is 0. The summed E-state index contributed by atoms with van der Waals surface area (Å²) in [6, 6.07) is 11.0. The predicted octanol–water partition coefficient (Wildman–Crippen LogP) is 3.35. The summed E-state index contributed by atoms with van der Waals surface area (Å²) in [5.41, 5.74) is 2.62. The number of pyridine rings is 1. The molecule has 2 aromatic rings. The molecular weight excluding hydrogens is 288 g/mol. The van der Waals surface area contributed by atoms with Crippen LogP contribution < -0.4 is 4.90 Å². The number of benzene rings is 1. The van der Waals surface area contributed by atoms with Gasteiger partial charge in [-0.25, -0.2) is 0 Å². The van der Waals surface area contributed by atoms with Gasteiger partial charge in [-0.1, -0.05) is 32.0 Å². The number of carbonyl (C=O) groups excluding carboxylic acids is 2. The Morgan fingerprint density at radius 1 is 1.22 bits per heavy atom. The number of ketones is 1.